The number of likely N-dealkylation sites (N-methyl/N-ethyl adjacent to an activating group) is 1. The molecular formula is C15H21BrN2O2. The number of fused-ring (bicyclic) bond motifs is 1. The van der Waals surface area contributed by atoms with Gasteiger partial charge in [0, 0.05) is 4.83 Å². The molecule has 3 rings (SSSR count). The van der Waals surface area contributed by atoms with Crippen molar-refractivity contribution >= 4 is 27.6 Å². The number of hydrogen-bond acceptors (Lipinski definition) is 3. The first kappa shape index (κ1) is 14.3. The molecule has 1 N–H and O–H groups in total. The number of hydrogen-bond donors (Lipinski definition) is 1. The number of Topliss-reactive ketones (excluding diaryl/α,β-unsaturated/α-hetero) is 1. The molecule has 1 amide bonds. The molecule has 4 atom stereocenters. The smallest absolute Gasteiger partial charge is 0.237 e. The van der Waals surface area contributed by atoms with Gasteiger partial charge in [0.05, 0.1) is 12.6 Å². The lowest BCUT2D eigenvalue weighted by Crippen LogP contribution is -2.43. The van der Waals surface area contributed by atoms with Gasteiger partial charge in [-0.25, -0.2) is 0 Å². The summed E-state index contributed by atoms with van der Waals surface area (Å²) in [6, 6.07) is -0.0521. The highest BCUT2D eigenvalue weighted by molar-refractivity contribution is 9.09. The van der Waals surface area contributed by atoms with Crippen molar-refractivity contribution in [3.8, 4) is 0 Å². The Morgan fingerprint density at radius 2 is 2.30 bits per heavy atom. The molecule has 1 aliphatic heterocycles. The molecule has 110 valence electrons. The minimum Gasteiger partial charge on any atom is -0.347 e. The Labute approximate surface area is 128 Å². The Hall–Kier alpha value is -0.680. The van der Waals surface area contributed by atoms with Gasteiger partial charge in [-0.2, -0.15) is 0 Å². The van der Waals surface area contributed by atoms with Crippen molar-refractivity contribution in [2.24, 2.45) is 11.8 Å². The predicted molar refractivity (Wildman–Crippen MR) is 80.7 cm³/mol. The zero-order chi connectivity index (χ0) is 14.3. The number of rotatable bonds is 4. The van der Waals surface area contributed by atoms with E-state index in [1.807, 2.05) is 7.05 Å². The number of nitrogens with zero attached hydrogens (tertiary/aromatic N) is 1. The molecule has 0 aromatic carbocycles. The first-order valence-electron chi connectivity index (χ1n) is 7.43. The summed E-state index contributed by atoms with van der Waals surface area (Å²) in [5.41, 5.74) is 0.950. The molecular weight excluding hydrogens is 320 g/mol. The Bertz CT molecular complexity index is 463. The Balaban J connectivity index is 1.51. The molecule has 0 aromatic rings. The van der Waals surface area contributed by atoms with Crippen LogP contribution in [0.4, 0.5) is 0 Å². The van der Waals surface area contributed by atoms with Gasteiger partial charge in [0.25, 0.3) is 0 Å². The fraction of sp³-hybridized carbons (Fsp3) is 0.733. The standard InChI is InChI=1S/C15H21BrN2O2/c1-18-6-2-3-13(18)15(20)17-8-14(19)9-4-5-12(16)11-7-10(9)11/h4,10-13H,2-3,5-8H2,1H3,(H,17,20). The van der Waals surface area contributed by atoms with Crippen LogP contribution in [0.1, 0.15) is 25.7 Å². The van der Waals surface area contributed by atoms with Crippen LogP contribution in [-0.2, 0) is 9.59 Å². The average molecular weight is 341 g/mol. The molecule has 0 spiro atoms. The largest absolute Gasteiger partial charge is 0.347 e. The second-order valence-corrected chi connectivity index (χ2v) is 7.37. The number of alkyl halides is 1. The molecule has 0 bridgehead atoms. The van der Waals surface area contributed by atoms with E-state index in [-0.39, 0.29) is 24.3 Å². The van der Waals surface area contributed by atoms with Crippen molar-refractivity contribution in [2.45, 2.75) is 36.6 Å². The molecule has 2 aliphatic carbocycles. The van der Waals surface area contributed by atoms with E-state index in [1.165, 1.54) is 0 Å². The lowest BCUT2D eigenvalue weighted by atomic mass is 9.96. The van der Waals surface area contributed by atoms with E-state index in [2.05, 4.69) is 32.2 Å². The highest BCUT2D eigenvalue weighted by atomic mass is 79.9. The van der Waals surface area contributed by atoms with Crippen LogP contribution in [0.15, 0.2) is 11.6 Å². The zero-order valence-electron chi connectivity index (χ0n) is 11.8. The van der Waals surface area contributed by atoms with Gasteiger partial charge < -0.3 is 5.32 Å². The third-order valence-electron chi connectivity index (χ3n) is 4.84. The number of likely N-dealkylation sites (tertiary alicyclic amines) is 1. The van der Waals surface area contributed by atoms with Gasteiger partial charge in [-0.1, -0.05) is 22.0 Å². The predicted octanol–water partition coefficient (Wildman–Crippen LogP) is 1.50. The van der Waals surface area contributed by atoms with E-state index in [9.17, 15) is 9.59 Å². The van der Waals surface area contributed by atoms with Crippen LogP contribution in [0.2, 0.25) is 0 Å². The van der Waals surface area contributed by atoms with Crippen molar-refractivity contribution < 1.29 is 9.59 Å². The highest BCUT2D eigenvalue weighted by Gasteiger charge is 2.47. The van der Waals surface area contributed by atoms with E-state index in [4.69, 9.17) is 0 Å². The Morgan fingerprint density at radius 1 is 1.50 bits per heavy atom. The second kappa shape index (κ2) is 5.60. The summed E-state index contributed by atoms with van der Waals surface area (Å²) >= 11 is 3.65. The second-order valence-electron chi connectivity index (χ2n) is 6.20. The summed E-state index contributed by atoms with van der Waals surface area (Å²) in [6.45, 7) is 1.12. The summed E-state index contributed by atoms with van der Waals surface area (Å²) in [5.74, 6) is 1.17. The third-order valence-corrected chi connectivity index (χ3v) is 5.89. The number of allylic oxidation sites excluding steroid dienone is 1. The van der Waals surface area contributed by atoms with Gasteiger partial charge in [0.2, 0.25) is 5.91 Å². The molecule has 1 saturated carbocycles. The quantitative estimate of drug-likeness (QED) is 0.789. The SMILES string of the molecule is CN1CCCC1C(=O)NCC(=O)C1=CCC(Br)C2CC12. The molecule has 5 heteroatoms. The number of ketones is 1. The fourth-order valence-corrected chi connectivity index (χ4v) is 4.26. The number of halogens is 1. The van der Waals surface area contributed by atoms with Gasteiger partial charge >= 0.3 is 0 Å². The first-order chi connectivity index (χ1) is 9.58. The van der Waals surface area contributed by atoms with Crippen molar-refractivity contribution in [3.63, 3.8) is 0 Å². The zero-order valence-corrected chi connectivity index (χ0v) is 13.4. The average Bonchev–Trinajstić information content (AvgIpc) is 3.12. The van der Waals surface area contributed by atoms with Crippen molar-refractivity contribution in [1.82, 2.24) is 10.2 Å². The normalized spacial score (nSPS) is 36.2. The van der Waals surface area contributed by atoms with Gasteiger partial charge in [-0.15, -0.1) is 0 Å². The molecule has 20 heavy (non-hydrogen) atoms. The maximum atomic E-state index is 12.2. The molecule has 4 nitrogen and oxygen atoms in total. The van der Waals surface area contributed by atoms with E-state index in [0.717, 1.165) is 37.8 Å². The van der Waals surface area contributed by atoms with E-state index >= 15 is 0 Å². The number of carbonyl (C=O) groups is 2. The monoisotopic (exact) mass is 340 g/mol. The van der Waals surface area contributed by atoms with Gasteiger partial charge in [-0.05, 0) is 56.7 Å². The summed E-state index contributed by atoms with van der Waals surface area (Å²) in [6.07, 6.45) is 6.07. The van der Waals surface area contributed by atoms with E-state index in [0.29, 0.717) is 16.7 Å². The number of carbonyl (C=O) groups excluding carboxylic acids is 2. The highest BCUT2D eigenvalue weighted by Crippen LogP contribution is 2.52. The molecule has 1 heterocycles. The first-order valence-corrected chi connectivity index (χ1v) is 8.34. The molecule has 0 aromatic heterocycles. The number of nitrogens with one attached hydrogen (secondary N) is 1. The molecule has 1 saturated heterocycles. The van der Waals surface area contributed by atoms with Gasteiger partial charge in [0.1, 0.15) is 0 Å². The molecule has 3 aliphatic rings. The maximum absolute atomic E-state index is 12.2. The molecule has 0 radical (unpaired) electrons. The van der Waals surface area contributed by atoms with Crippen LogP contribution in [0, 0.1) is 11.8 Å². The lowest BCUT2D eigenvalue weighted by Gasteiger charge is -2.19. The van der Waals surface area contributed by atoms with E-state index in [1.54, 1.807) is 0 Å². The van der Waals surface area contributed by atoms with Crippen LogP contribution in [-0.4, -0.2) is 47.6 Å². The van der Waals surface area contributed by atoms with Crippen molar-refractivity contribution in [2.75, 3.05) is 20.1 Å². The van der Waals surface area contributed by atoms with Crippen LogP contribution in [0.5, 0.6) is 0 Å². The summed E-state index contributed by atoms with van der Waals surface area (Å²) in [5, 5.41) is 2.82. The topological polar surface area (TPSA) is 49.4 Å². The van der Waals surface area contributed by atoms with Gasteiger partial charge in [-0.3, -0.25) is 14.5 Å². The Morgan fingerprint density at radius 3 is 3.00 bits per heavy atom. The van der Waals surface area contributed by atoms with Crippen molar-refractivity contribution in [1.29, 1.82) is 0 Å². The summed E-state index contributed by atoms with van der Waals surface area (Å²) < 4.78 is 0. The minimum absolute atomic E-state index is 0.000439. The Kier molecular flexibility index (Phi) is 4.00. The number of amides is 1. The summed E-state index contributed by atoms with van der Waals surface area (Å²) in [4.78, 5) is 26.9. The molecule has 2 fully saturated rings. The van der Waals surface area contributed by atoms with Crippen LogP contribution < -0.4 is 5.32 Å². The van der Waals surface area contributed by atoms with Crippen molar-refractivity contribution in [3.05, 3.63) is 11.6 Å². The van der Waals surface area contributed by atoms with Crippen LogP contribution in [0.25, 0.3) is 0 Å². The van der Waals surface area contributed by atoms with Crippen LogP contribution in [0.3, 0.4) is 0 Å². The maximum Gasteiger partial charge on any atom is 0.237 e. The lowest BCUT2D eigenvalue weighted by molar-refractivity contribution is -0.127. The van der Waals surface area contributed by atoms with E-state index < -0.39 is 0 Å². The summed E-state index contributed by atoms with van der Waals surface area (Å²) in [7, 11) is 1.97. The fourth-order valence-electron chi connectivity index (χ4n) is 3.49. The molecule has 4 unspecified atom stereocenters. The minimum atomic E-state index is -0.0521. The van der Waals surface area contributed by atoms with Crippen LogP contribution >= 0.6 is 15.9 Å². The van der Waals surface area contributed by atoms with Gasteiger partial charge in [0.15, 0.2) is 5.78 Å². The third kappa shape index (κ3) is 2.70.